The van der Waals surface area contributed by atoms with Crippen LogP contribution in [0.3, 0.4) is 0 Å². The Hall–Kier alpha value is -3.76. The second kappa shape index (κ2) is 10.7. The summed E-state index contributed by atoms with van der Waals surface area (Å²) in [6, 6.07) is 20.1. The van der Waals surface area contributed by atoms with E-state index in [1.807, 2.05) is 30.3 Å². The van der Waals surface area contributed by atoms with Gasteiger partial charge in [0.1, 0.15) is 18.4 Å². The van der Waals surface area contributed by atoms with Crippen molar-refractivity contribution < 1.29 is 27.6 Å². The highest BCUT2D eigenvalue weighted by Crippen LogP contribution is 2.23. The summed E-state index contributed by atoms with van der Waals surface area (Å²) < 4.78 is 38.3. The Morgan fingerprint density at radius 1 is 0.970 bits per heavy atom. The molecule has 0 radical (unpaired) electrons. The molecule has 0 aliphatic heterocycles. The van der Waals surface area contributed by atoms with Gasteiger partial charge in [-0.3, -0.25) is 14.9 Å². The lowest BCUT2D eigenvalue weighted by molar-refractivity contribution is -0.387. The summed E-state index contributed by atoms with van der Waals surface area (Å²) in [5, 5.41) is 11.2. The number of benzene rings is 3. The minimum Gasteiger partial charge on any atom is -0.489 e. The van der Waals surface area contributed by atoms with E-state index in [1.165, 1.54) is 12.1 Å². The standard InChI is InChI=1S/C23H22N2O7S/c1-31-23(26)20(24-33(29,30)22-10-6-5-9-21(22)25(27)28)15-17-11-13-19(14-12-17)32-16-18-7-3-2-4-8-18/h2-14,20,24H,15-16H2,1H3/t20-/m0/s1. The molecule has 1 atom stereocenters. The third-order valence-corrected chi connectivity index (χ3v) is 6.27. The number of nitro benzene ring substituents is 1. The van der Waals surface area contributed by atoms with E-state index in [9.17, 15) is 23.3 Å². The van der Waals surface area contributed by atoms with Crippen LogP contribution in [0, 0.1) is 10.1 Å². The van der Waals surface area contributed by atoms with Crippen LogP contribution in [0.1, 0.15) is 11.1 Å². The molecule has 0 bridgehead atoms. The fourth-order valence-electron chi connectivity index (χ4n) is 3.10. The first-order chi connectivity index (χ1) is 15.8. The summed E-state index contributed by atoms with van der Waals surface area (Å²) >= 11 is 0. The first-order valence-electron chi connectivity index (χ1n) is 9.89. The van der Waals surface area contributed by atoms with E-state index in [-0.39, 0.29) is 6.42 Å². The predicted molar refractivity (Wildman–Crippen MR) is 120 cm³/mol. The molecule has 0 aliphatic carbocycles. The number of rotatable bonds is 10. The average Bonchev–Trinajstić information content (AvgIpc) is 2.83. The maximum Gasteiger partial charge on any atom is 0.324 e. The summed E-state index contributed by atoms with van der Waals surface area (Å²) in [5.41, 5.74) is 1.06. The lowest BCUT2D eigenvalue weighted by Gasteiger charge is -2.17. The van der Waals surface area contributed by atoms with Crippen LogP contribution < -0.4 is 9.46 Å². The van der Waals surface area contributed by atoms with Crippen LogP contribution in [0.25, 0.3) is 0 Å². The predicted octanol–water partition coefficient (Wildman–Crippen LogP) is 3.24. The highest BCUT2D eigenvalue weighted by Gasteiger charge is 2.31. The van der Waals surface area contributed by atoms with Crippen molar-refractivity contribution >= 4 is 21.7 Å². The molecular weight excluding hydrogens is 448 g/mol. The molecule has 0 aromatic heterocycles. The topological polar surface area (TPSA) is 125 Å². The maximum absolute atomic E-state index is 12.8. The van der Waals surface area contributed by atoms with Gasteiger partial charge in [-0.2, -0.15) is 4.72 Å². The lowest BCUT2D eigenvalue weighted by atomic mass is 10.1. The second-order valence-electron chi connectivity index (χ2n) is 7.04. The average molecular weight is 471 g/mol. The maximum atomic E-state index is 12.8. The van der Waals surface area contributed by atoms with Gasteiger partial charge in [-0.15, -0.1) is 0 Å². The van der Waals surface area contributed by atoms with Crippen molar-refractivity contribution in [1.82, 2.24) is 4.72 Å². The highest BCUT2D eigenvalue weighted by atomic mass is 32.2. The summed E-state index contributed by atoms with van der Waals surface area (Å²) in [6.07, 6.45) is -0.0223. The minimum atomic E-state index is -4.37. The van der Waals surface area contributed by atoms with Crippen molar-refractivity contribution in [2.75, 3.05) is 7.11 Å². The van der Waals surface area contributed by atoms with Crippen molar-refractivity contribution in [3.63, 3.8) is 0 Å². The van der Waals surface area contributed by atoms with Crippen LogP contribution in [0.5, 0.6) is 5.75 Å². The van der Waals surface area contributed by atoms with E-state index in [1.54, 1.807) is 24.3 Å². The van der Waals surface area contributed by atoms with Gasteiger partial charge in [-0.25, -0.2) is 8.42 Å². The van der Waals surface area contributed by atoms with Gasteiger partial charge in [0.25, 0.3) is 5.69 Å². The van der Waals surface area contributed by atoms with E-state index in [2.05, 4.69) is 4.72 Å². The number of esters is 1. The Balaban J connectivity index is 1.73. The first kappa shape index (κ1) is 23.9. The van der Waals surface area contributed by atoms with E-state index in [0.717, 1.165) is 24.8 Å². The van der Waals surface area contributed by atoms with Gasteiger partial charge in [0.05, 0.1) is 12.0 Å². The fraction of sp³-hybridized carbons (Fsp3) is 0.174. The Labute approximate surface area is 191 Å². The summed E-state index contributed by atoms with van der Waals surface area (Å²) in [6.45, 7) is 0.390. The molecule has 3 aromatic rings. The molecule has 9 nitrogen and oxygen atoms in total. The Morgan fingerprint density at radius 2 is 1.61 bits per heavy atom. The monoisotopic (exact) mass is 470 g/mol. The fourth-order valence-corrected chi connectivity index (χ4v) is 4.46. The van der Waals surface area contributed by atoms with Crippen LogP contribution in [0.2, 0.25) is 0 Å². The van der Waals surface area contributed by atoms with E-state index in [4.69, 9.17) is 9.47 Å². The van der Waals surface area contributed by atoms with Gasteiger partial charge in [-0.1, -0.05) is 54.6 Å². The molecule has 1 N–H and O–H groups in total. The number of ether oxygens (including phenoxy) is 2. The van der Waals surface area contributed by atoms with Gasteiger partial charge < -0.3 is 9.47 Å². The number of sulfonamides is 1. The number of nitrogens with zero attached hydrogens (tertiary/aromatic N) is 1. The van der Waals surface area contributed by atoms with Crippen molar-refractivity contribution in [3.05, 3.63) is 100 Å². The number of nitrogens with one attached hydrogen (secondary N) is 1. The molecule has 10 heteroatoms. The smallest absolute Gasteiger partial charge is 0.324 e. The summed E-state index contributed by atoms with van der Waals surface area (Å²) in [4.78, 5) is 22.2. The number of carbonyl (C=O) groups is 1. The van der Waals surface area contributed by atoms with Gasteiger partial charge in [0, 0.05) is 6.07 Å². The second-order valence-corrected chi connectivity index (χ2v) is 8.73. The molecule has 0 unspecified atom stereocenters. The number of carbonyl (C=O) groups excluding carboxylic acids is 1. The molecule has 3 rings (SSSR count). The number of hydrogen-bond acceptors (Lipinski definition) is 7. The molecule has 172 valence electrons. The number of hydrogen-bond donors (Lipinski definition) is 1. The van der Waals surface area contributed by atoms with Crippen LogP contribution in [-0.2, 0) is 32.6 Å². The van der Waals surface area contributed by atoms with Gasteiger partial charge in [0.15, 0.2) is 4.90 Å². The highest BCUT2D eigenvalue weighted by molar-refractivity contribution is 7.89. The minimum absolute atomic E-state index is 0.0223. The molecule has 0 aliphatic rings. The van der Waals surface area contributed by atoms with Gasteiger partial charge in [-0.05, 0) is 35.7 Å². The number of para-hydroxylation sites is 1. The van der Waals surface area contributed by atoms with Crippen LogP contribution >= 0.6 is 0 Å². The molecule has 0 saturated carbocycles. The first-order valence-corrected chi connectivity index (χ1v) is 11.4. The van der Waals surface area contributed by atoms with Crippen molar-refractivity contribution in [2.45, 2.75) is 24.0 Å². The Bertz CT molecular complexity index is 1210. The molecule has 0 heterocycles. The van der Waals surface area contributed by atoms with Crippen LogP contribution in [0.15, 0.2) is 83.8 Å². The number of methoxy groups -OCH3 is 1. The van der Waals surface area contributed by atoms with Crippen molar-refractivity contribution in [2.24, 2.45) is 0 Å². The van der Waals surface area contributed by atoms with Crippen LogP contribution in [0.4, 0.5) is 5.69 Å². The molecular formula is C23H22N2O7S. The van der Waals surface area contributed by atoms with E-state index in [0.29, 0.717) is 17.9 Å². The van der Waals surface area contributed by atoms with Crippen LogP contribution in [-0.4, -0.2) is 32.5 Å². The molecule has 33 heavy (non-hydrogen) atoms. The quantitative estimate of drug-likeness (QED) is 0.274. The summed E-state index contributed by atoms with van der Waals surface area (Å²) in [7, 11) is -3.24. The zero-order valence-corrected chi connectivity index (χ0v) is 18.5. The van der Waals surface area contributed by atoms with E-state index >= 15 is 0 Å². The lowest BCUT2D eigenvalue weighted by Crippen LogP contribution is -2.43. The Morgan fingerprint density at radius 3 is 2.24 bits per heavy atom. The third kappa shape index (κ3) is 6.37. The SMILES string of the molecule is COC(=O)[C@H](Cc1ccc(OCc2ccccc2)cc1)NS(=O)(=O)c1ccccc1[N+](=O)[O-]. The Kier molecular flexibility index (Phi) is 7.75. The third-order valence-electron chi connectivity index (χ3n) is 4.75. The zero-order chi connectivity index (χ0) is 23.8. The van der Waals surface area contributed by atoms with Crippen molar-refractivity contribution in [1.29, 1.82) is 0 Å². The van der Waals surface area contributed by atoms with E-state index < -0.39 is 37.5 Å². The summed E-state index contributed by atoms with van der Waals surface area (Å²) in [5.74, 6) is -0.209. The molecule has 0 amide bonds. The van der Waals surface area contributed by atoms with Gasteiger partial charge >= 0.3 is 5.97 Å². The zero-order valence-electron chi connectivity index (χ0n) is 17.7. The molecule has 3 aromatic carbocycles. The molecule has 0 fully saturated rings. The normalized spacial score (nSPS) is 12.0. The number of nitro groups is 1. The van der Waals surface area contributed by atoms with Gasteiger partial charge in [0.2, 0.25) is 10.0 Å². The van der Waals surface area contributed by atoms with Crippen molar-refractivity contribution in [3.8, 4) is 5.75 Å². The largest absolute Gasteiger partial charge is 0.489 e. The molecule has 0 saturated heterocycles. The molecule has 0 spiro atoms.